The standard InChI is InChI=1S/C16H15NO6S/c1-22-15(18)12-10-6-9-11(12)16(19)23-13(9)14(10)24-8-4-2-7(3-5-8)17(20)21/h2-5,9-14H,6H2,1H3/t9-,10+,11-,12+,13+,14+/m1/s1. The number of nitrogens with zero attached hydrogens (tertiary/aromatic N) is 1. The molecule has 1 aliphatic heterocycles. The summed E-state index contributed by atoms with van der Waals surface area (Å²) in [6.07, 6.45) is 0.597. The number of nitro groups is 1. The number of thioether (sulfide) groups is 1. The van der Waals surface area contributed by atoms with Crippen LogP contribution in [0.3, 0.4) is 0 Å². The maximum atomic E-state index is 12.1. The van der Waals surface area contributed by atoms with Crippen molar-refractivity contribution in [3.8, 4) is 0 Å². The summed E-state index contributed by atoms with van der Waals surface area (Å²) in [5.41, 5.74) is 0.0343. The highest BCUT2D eigenvalue weighted by Gasteiger charge is 2.68. The topological polar surface area (TPSA) is 95.7 Å². The highest BCUT2D eigenvalue weighted by molar-refractivity contribution is 8.00. The fourth-order valence-electron chi connectivity index (χ4n) is 4.41. The van der Waals surface area contributed by atoms with Gasteiger partial charge >= 0.3 is 11.9 Å². The zero-order valence-electron chi connectivity index (χ0n) is 12.8. The van der Waals surface area contributed by atoms with Crippen molar-refractivity contribution >= 4 is 29.4 Å². The number of benzene rings is 1. The molecular weight excluding hydrogens is 334 g/mol. The lowest BCUT2D eigenvalue weighted by molar-refractivity contribution is -0.384. The minimum atomic E-state index is -0.443. The second kappa shape index (κ2) is 5.47. The van der Waals surface area contributed by atoms with Crippen LogP contribution in [0.5, 0.6) is 0 Å². The zero-order valence-corrected chi connectivity index (χ0v) is 13.6. The SMILES string of the molecule is COC(=O)[C@H]1[C@@H]2C[C@H]3[C@H](OC(=O)[C@H]31)[C@H]2Sc1ccc([N+](=O)[O-])cc1. The quantitative estimate of drug-likeness (QED) is 0.466. The maximum Gasteiger partial charge on any atom is 0.310 e. The van der Waals surface area contributed by atoms with Gasteiger partial charge in [-0.1, -0.05) is 0 Å². The molecule has 24 heavy (non-hydrogen) atoms. The van der Waals surface area contributed by atoms with E-state index < -0.39 is 10.8 Å². The number of fused-ring (bicyclic) bond motifs is 1. The Hall–Kier alpha value is -2.09. The van der Waals surface area contributed by atoms with Crippen LogP contribution in [0.1, 0.15) is 6.42 Å². The van der Waals surface area contributed by atoms with E-state index in [1.165, 1.54) is 31.0 Å². The fraction of sp³-hybridized carbons (Fsp3) is 0.500. The van der Waals surface area contributed by atoms with Gasteiger partial charge in [0.15, 0.2) is 0 Å². The number of carbonyl (C=O) groups excluding carboxylic acids is 2. The molecule has 2 saturated carbocycles. The first-order valence-electron chi connectivity index (χ1n) is 7.70. The van der Waals surface area contributed by atoms with E-state index in [1.54, 1.807) is 12.1 Å². The predicted octanol–water partition coefficient (Wildman–Crippen LogP) is 2.04. The molecule has 2 aliphatic carbocycles. The average Bonchev–Trinajstić information content (AvgIpc) is 3.18. The molecule has 2 bridgehead atoms. The number of methoxy groups -OCH3 is 1. The van der Waals surface area contributed by atoms with Gasteiger partial charge in [-0.05, 0) is 24.5 Å². The Balaban J connectivity index is 1.59. The molecule has 3 aliphatic rings. The highest BCUT2D eigenvalue weighted by atomic mass is 32.2. The minimum Gasteiger partial charge on any atom is -0.469 e. The van der Waals surface area contributed by atoms with Gasteiger partial charge in [0, 0.05) is 22.9 Å². The normalized spacial score (nSPS) is 35.8. The smallest absolute Gasteiger partial charge is 0.310 e. The summed E-state index contributed by atoms with van der Waals surface area (Å²) < 4.78 is 10.4. The van der Waals surface area contributed by atoms with E-state index in [0.717, 1.165) is 11.3 Å². The molecule has 0 radical (unpaired) electrons. The Morgan fingerprint density at radius 2 is 2.04 bits per heavy atom. The van der Waals surface area contributed by atoms with Gasteiger partial charge in [0.25, 0.3) is 5.69 Å². The molecule has 0 unspecified atom stereocenters. The van der Waals surface area contributed by atoms with Gasteiger partial charge in [-0.25, -0.2) is 0 Å². The van der Waals surface area contributed by atoms with Crippen molar-refractivity contribution in [2.45, 2.75) is 22.7 Å². The second-order valence-corrected chi connectivity index (χ2v) is 7.62. The summed E-state index contributed by atoms with van der Waals surface area (Å²) in [6.45, 7) is 0. The van der Waals surface area contributed by atoms with E-state index >= 15 is 0 Å². The minimum absolute atomic E-state index is 0.0248. The molecule has 4 rings (SSSR count). The summed E-state index contributed by atoms with van der Waals surface area (Å²) >= 11 is 1.52. The summed E-state index contributed by atoms with van der Waals surface area (Å²) in [5.74, 6) is -1.36. The van der Waals surface area contributed by atoms with Crippen LogP contribution < -0.4 is 0 Å². The van der Waals surface area contributed by atoms with Gasteiger partial charge < -0.3 is 9.47 Å². The van der Waals surface area contributed by atoms with Crippen LogP contribution in [-0.4, -0.2) is 35.3 Å². The molecule has 1 aromatic rings. The summed E-state index contributed by atoms with van der Waals surface area (Å²) in [6, 6.07) is 6.29. The molecule has 6 atom stereocenters. The molecule has 0 amide bonds. The van der Waals surface area contributed by atoms with Gasteiger partial charge in [0.2, 0.25) is 0 Å². The average molecular weight is 349 g/mol. The number of hydrogen-bond acceptors (Lipinski definition) is 7. The van der Waals surface area contributed by atoms with Crippen molar-refractivity contribution in [1.82, 2.24) is 0 Å². The molecule has 1 aromatic carbocycles. The third-order valence-electron chi connectivity index (χ3n) is 5.34. The highest BCUT2D eigenvalue weighted by Crippen LogP contribution is 2.61. The number of carbonyl (C=O) groups is 2. The Labute approximate surface area is 141 Å². The third-order valence-corrected chi connectivity index (χ3v) is 6.77. The van der Waals surface area contributed by atoms with Crippen molar-refractivity contribution < 1.29 is 24.0 Å². The van der Waals surface area contributed by atoms with E-state index in [-0.39, 0.29) is 46.7 Å². The van der Waals surface area contributed by atoms with Crippen molar-refractivity contribution in [1.29, 1.82) is 0 Å². The first-order chi connectivity index (χ1) is 11.5. The predicted molar refractivity (Wildman–Crippen MR) is 83.2 cm³/mol. The number of esters is 2. The van der Waals surface area contributed by atoms with Crippen LogP contribution in [-0.2, 0) is 19.1 Å². The van der Waals surface area contributed by atoms with E-state index in [4.69, 9.17) is 9.47 Å². The molecule has 1 saturated heterocycles. The van der Waals surface area contributed by atoms with Crippen LogP contribution in [0.15, 0.2) is 29.2 Å². The number of nitro benzene ring substituents is 1. The number of ether oxygens (including phenoxy) is 2. The van der Waals surface area contributed by atoms with Crippen molar-refractivity contribution in [2.75, 3.05) is 7.11 Å². The van der Waals surface area contributed by atoms with Gasteiger partial charge in [-0.2, -0.15) is 0 Å². The van der Waals surface area contributed by atoms with E-state index in [9.17, 15) is 19.7 Å². The number of rotatable bonds is 4. The molecule has 8 heteroatoms. The molecule has 7 nitrogen and oxygen atoms in total. The molecule has 3 fully saturated rings. The third kappa shape index (κ3) is 2.12. The van der Waals surface area contributed by atoms with Gasteiger partial charge in [0.05, 0.1) is 29.1 Å². The summed E-state index contributed by atoms with van der Waals surface area (Å²) in [4.78, 5) is 35.4. The first kappa shape index (κ1) is 15.4. The monoisotopic (exact) mass is 349 g/mol. The lowest BCUT2D eigenvalue weighted by atomic mass is 9.80. The van der Waals surface area contributed by atoms with E-state index in [2.05, 4.69) is 0 Å². The van der Waals surface area contributed by atoms with Gasteiger partial charge in [-0.3, -0.25) is 19.7 Å². The summed E-state index contributed by atoms with van der Waals surface area (Å²) in [7, 11) is 1.34. The Morgan fingerprint density at radius 3 is 2.67 bits per heavy atom. The molecule has 0 spiro atoms. The van der Waals surface area contributed by atoms with Crippen LogP contribution in [0.2, 0.25) is 0 Å². The van der Waals surface area contributed by atoms with Crippen molar-refractivity contribution in [3.63, 3.8) is 0 Å². The van der Waals surface area contributed by atoms with Crippen LogP contribution in [0, 0.1) is 33.8 Å². The lowest BCUT2D eigenvalue weighted by Gasteiger charge is -2.29. The lowest BCUT2D eigenvalue weighted by Crippen LogP contribution is -2.39. The largest absolute Gasteiger partial charge is 0.469 e. The molecule has 126 valence electrons. The van der Waals surface area contributed by atoms with Crippen molar-refractivity contribution in [3.05, 3.63) is 34.4 Å². The molecule has 1 heterocycles. The molecule has 0 aromatic heterocycles. The van der Waals surface area contributed by atoms with Gasteiger partial charge in [-0.15, -0.1) is 11.8 Å². The maximum absolute atomic E-state index is 12.1. The zero-order chi connectivity index (χ0) is 17.0. The van der Waals surface area contributed by atoms with Crippen molar-refractivity contribution in [2.24, 2.45) is 23.7 Å². The Kier molecular flexibility index (Phi) is 3.52. The van der Waals surface area contributed by atoms with E-state index in [0.29, 0.717) is 0 Å². The fourth-order valence-corrected chi connectivity index (χ4v) is 5.86. The van der Waals surface area contributed by atoms with Crippen LogP contribution in [0.4, 0.5) is 5.69 Å². The molecule has 0 N–H and O–H groups in total. The van der Waals surface area contributed by atoms with Crippen LogP contribution in [0.25, 0.3) is 0 Å². The number of hydrogen-bond donors (Lipinski definition) is 0. The second-order valence-electron chi connectivity index (χ2n) is 6.37. The van der Waals surface area contributed by atoms with E-state index in [1.807, 2.05) is 0 Å². The summed E-state index contributed by atoms with van der Waals surface area (Å²) in [5, 5.41) is 10.7. The molecular formula is C16H15NO6S. The Bertz CT molecular complexity index is 720. The first-order valence-corrected chi connectivity index (χ1v) is 8.58. The van der Waals surface area contributed by atoms with Gasteiger partial charge in [0.1, 0.15) is 6.10 Å². The number of non-ortho nitro benzene ring substituents is 1. The van der Waals surface area contributed by atoms with Crippen LogP contribution >= 0.6 is 11.8 Å². The Morgan fingerprint density at radius 1 is 1.33 bits per heavy atom.